The Morgan fingerprint density at radius 2 is 2.00 bits per heavy atom. The normalized spacial score (nSPS) is 18.1. The summed E-state index contributed by atoms with van der Waals surface area (Å²) in [6.07, 6.45) is -4.49. The van der Waals surface area contributed by atoms with Crippen LogP contribution in [0.2, 0.25) is 0 Å². The molecule has 7 heteroatoms. The van der Waals surface area contributed by atoms with Crippen LogP contribution in [0, 0.1) is 0 Å². The Balaban J connectivity index is 4.58. The number of amides is 1. The number of alkyl halides is 3. The van der Waals surface area contributed by atoms with Crippen LogP contribution < -0.4 is 11.1 Å². The summed E-state index contributed by atoms with van der Waals surface area (Å²) in [5.74, 6) is -1.34. The van der Waals surface area contributed by atoms with Crippen LogP contribution in [-0.4, -0.2) is 35.4 Å². The van der Waals surface area contributed by atoms with E-state index in [0.717, 1.165) is 0 Å². The van der Waals surface area contributed by atoms with Crippen molar-refractivity contribution in [1.82, 2.24) is 5.32 Å². The number of aliphatic hydroxyl groups excluding tert-OH is 1. The van der Waals surface area contributed by atoms with Crippen molar-refractivity contribution in [2.24, 2.45) is 5.73 Å². The molecule has 0 aromatic rings. The summed E-state index contributed by atoms with van der Waals surface area (Å²) in [6, 6.07) is -0.706. The number of aliphatic hydroxyl groups is 1. The van der Waals surface area contributed by atoms with Gasteiger partial charge < -0.3 is 16.2 Å². The minimum Gasteiger partial charge on any atom is -0.394 e. The zero-order chi connectivity index (χ0) is 12.3. The van der Waals surface area contributed by atoms with Gasteiger partial charge in [-0.1, -0.05) is 6.92 Å². The predicted molar refractivity (Wildman–Crippen MR) is 48.0 cm³/mol. The van der Waals surface area contributed by atoms with Gasteiger partial charge in [0, 0.05) is 0 Å². The minimum absolute atomic E-state index is 0.330. The Kier molecular flexibility index (Phi) is 4.54. The molecule has 0 aromatic carbocycles. The fourth-order valence-electron chi connectivity index (χ4n) is 0.741. The summed E-state index contributed by atoms with van der Waals surface area (Å²) in [4.78, 5) is 11.2. The molecule has 4 N–H and O–H groups in total. The van der Waals surface area contributed by atoms with Crippen molar-refractivity contribution >= 4 is 5.91 Å². The number of carbonyl (C=O) groups excluding carboxylic acids is 1. The molecule has 4 nitrogen and oxygen atoms in total. The molecule has 1 amide bonds. The van der Waals surface area contributed by atoms with Crippen molar-refractivity contribution in [3.05, 3.63) is 0 Å². The number of halogens is 3. The molecule has 0 saturated carbocycles. The molecule has 0 aromatic heterocycles. The highest BCUT2D eigenvalue weighted by Gasteiger charge is 2.54. The zero-order valence-electron chi connectivity index (χ0n) is 8.56. The van der Waals surface area contributed by atoms with E-state index in [1.807, 2.05) is 5.32 Å². The standard InChI is InChI=1S/C8H15F3N2O2/c1-3-5(4-14)13-6(15)7(2,12)8(9,10)11/h5,14H,3-4,12H2,1-2H3,(H,13,15)/t5-,7?/m1/s1. The third-order valence-electron chi connectivity index (χ3n) is 2.11. The molecule has 0 radical (unpaired) electrons. The first-order chi connectivity index (χ1) is 6.66. The SMILES string of the molecule is CC[C@H](CO)NC(=O)C(C)(N)C(F)(F)F. The summed E-state index contributed by atoms with van der Waals surface area (Å²) in [6.45, 7) is 1.80. The second-order valence-electron chi connectivity index (χ2n) is 3.46. The molecular formula is C8H15F3N2O2. The molecule has 1 unspecified atom stereocenters. The van der Waals surface area contributed by atoms with E-state index in [1.165, 1.54) is 0 Å². The van der Waals surface area contributed by atoms with Crippen LogP contribution in [0.4, 0.5) is 13.2 Å². The van der Waals surface area contributed by atoms with Gasteiger partial charge >= 0.3 is 6.18 Å². The largest absolute Gasteiger partial charge is 0.415 e. The van der Waals surface area contributed by atoms with Crippen molar-refractivity contribution in [2.45, 2.75) is 38.0 Å². The van der Waals surface area contributed by atoms with Gasteiger partial charge in [0.15, 0.2) is 5.54 Å². The fraction of sp³-hybridized carbons (Fsp3) is 0.875. The summed E-state index contributed by atoms with van der Waals surface area (Å²) in [7, 11) is 0. The summed E-state index contributed by atoms with van der Waals surface area (Å²) < 4.78 is 36.9. The predicted octanol–water partition coefficient (Wildman–Crippen LogP) is 0.153. The van der Waals surface area contributed by atoms with Crippen LogP contribution in [0.25, 0.3) is 0 Å². The highest BCUT2D eigenvalue weighted by molar-refractivity contribution is 5.86. The third-order valence-corrected chi connectivity index (χ3v) is 2.11. The maximum Gasteiger partial charge on any atom is 0.415 e. The molecule has 0 aliphatic rings. The lowest BCUT2D eigenvalue weighted by atomic mass is 10.0. The second kappa shape index (κ2) is 4.80. The van der Waals surface area contributed by atoms with Gasteiger partial charge in [0.05, 0.1) is 12.6 Å². The molecule has 0 rings (SSSR count). The van der Waals surface area contributed by atoms with Gasteiger partial charge in [-0.05, 0) is 13.3 Å². The van der Waals surface area contributed by atoms with Crippen molar-refractivity contribution < 1.29 is 23.1 Å². The molecule has 2 atom stereocenters. The number of hydrogen-bond donors (Lipinski definition) is 3. The van der Waals surface area contributed by atoms with Crippen LogP contribution >= 0.6 is 0 Å². The van der Waals surface area contributed by atoms with E-state index in [4.69, 9.17) is 10.8 Å². The van der Waals surface area contributed by atoms with E-state index in [2.05, 4.69) is 0 Å². The van der Waals surface area contributed by atoms with E-state index in [0.29, 0.717) is 13.3 Å². The first kappa shape index (κ1) is 14.2. The smallest absolute Gasteiger partial charge is 0.394 e. The van der Waals surface area contributed by atoms with Crippen molar-refractivity contribution in [3.8, 4) is 0 Å². The molecule has 0 spiro atoms. The molecule has 0 heterocycles. The number of carbonyl (C=O) groups is 1. The van der Waals surface area contributed by atoms with Gasteiger partial charge in [0.2, 0.25) is 5.91 Å². The highest BCUT2D eigenvalue weighted by atomic mass is 19.4. The summed E-state index contributed by atoms with van der Waals surface area (Å²) in [5, 5.41) is 10.7. The number of rotatable bonds is 4. The van der Waals surface area contributed by atoms with Crippen molar-refractivity contribution in [3.63, 3.8) is 0 Å². The Hall–Kier alpha value is -0.820. The number of hydrogen-bond acceptors (Lipinski definition) is 3. The molecule has 0 bridgehead atoms. The van der Waals surface area contributed by atoms with E-state index in [9.17, 15) is 18.0 Å². The lowest BCUT2D eigenvalue weighted by molar-refractivity contribution is -0.187. The van der Waals surface area contributed by atoms with Crippen LogP contribution in [0.5, 0.6) is 0 Å². The quantitative estimate of drug-likeness (QED) is 0.641. The minimum atomic E-state index is -4.81. The van der Waals surface area contributed by atoms with Crippen LogP contribution in [0.3, 0.4) is 0 Å². The van der Waals surface area contributed by atoms with Crippen molar-refractivity contribution in [2.75, 3.05) is 6.61 Å². The van der Waals surface area contributed by atoms with Crippen LogP contribution in [-0.2, 0) is 4.79 Å². The summed E-state index contributed by atoms with van der Waals surface area (Å²) in [5.41, 5.74) is 1.94. The molecule has 0 aliphatic heterocycles. The maximum atomic E-state index is 12.3. The Morgan fingerprint density at radius 1 is 1.53 bits per heavy atom. The van der Waals surface area contributed by atoms with E-state index < -0.39 is 30.3 Å². The summed E-state index contributed by atoms with van der Waals surface area (Å²) >= 11 is 0. The molecule has 0 saturated heterocycles. The average Bonchev–Trinajstić information content (AvgIpc) is 2.11. The van der Waals surface area contributed by atoms with E-state index in [1.54, 1.807) is 6.92 Å². The molecule has 0 fully saturated rings. The molecule has 0 aliphatic carbocycles. The first-order valence-electron chi connectivity index (χ1n) is 4.44. The maximum absolute atomic E-state index is 12.3. The first-order valence-corrected chi connectivity index (χ1v) is 4.44. The van der Waals surface area contributed by atoms with E-state index in [-0.39, 0.29) is 0 Å². The Morgan fingerprint density at radius 3 is 2.27 bits per heavy atom. The molecular weight excluding hydrogens is 213 g/mol. The second-order valence-corrected chi connectivity index (χ2v) is 3.46. The molecule has 15 heavy (non-hydrogen) atoms. The van der Waals surface area contributed by atoms with Crippen LogP contribution in [0.1, 0.15) is 20.3 Å². The number of nitrogens with one attached hydrogen (secondary N) is 1. The van der Waals surface area contributed by atoms with Gasteiger partial charge in [-0.3, -0.25) is 4.79 Å². The number of nitrogens with two attached hydrogens (primary N) is 1. The Labute approximate surface area is 85.6 Å². The van der Waals surface area contributed by atoms with Gasteiger partial charge in [-0.2, -0.15) is 13.2 Å². The average molecular weight is 228 g/mol. The monoisotopic (exact) mass is 228 g/mol. The fourth-order valence-corrected chi connectivity index (χ4v) is 0.741. The third kappa shape index (κ3) is 3.35. The van der Waals surface area contributed by atoms with Crippen molar-refractivity contribution in [1.29, 1.82) is 0 Å². The molecule has 90 valence electrons. The van der Waals surface area contributed by atoms with Gasteiger partial charge in [0.1, 0.15) is 0 Å². The zero-order valence-corrected chi connectivity index (χ0v) is 8.56. The van der Waals surface area contributed by atoms with Gasteiger partial charge in [0.25, 0.3) is 0 Å². The lowest BCUT2D eigenvalue weighted by Crippen LogP contribution is -2.63. The van der Waals surface area contributed by atoms with Gasteiger partial charge in [-0.15, -0.1) is 0 Å². The van der Waals surface area contributed by atoms with Crippen LogP contribution in [0.15, 0.2) is 0 Å². The lowest BCUT2D eigenvalue weighted by Gasteiger charge is -2.28. The topological polar surface area (TPSA) is 75.3 Å². The van der Waals surface area contributed by atoms with Gasteiger partial charge in [-0.25, -0.2) is 0 Å². The van der Waals surface area contributed by atoms with E-state index >= 15 is 0 Å². The highest BCUT2D eigenvalue weighted by Crippen LogP contribution is 2.28. The Bertz CT molecular complexity index is 224.